The molecule has 1 aromatic heterocycles. The second-order valence-electron chi connectivity index (χ2n) is 7.09. The molecule has 2 aliphatic heterocycles. The second kappa shape index (κ2) is 8.33. The molecule has 0 saturated carbocycles. The van der Waals surface area contributed by atoms with Crippen LogP contribution in [0.4, 0.5) is 0 Å². The van der Waals surface area contributed by atoms with Crippen LogP contribution < -0.4 is 5.32 Å². The van der Waals surface area contributed by atoms with Gasteiger partial charge in [-0.1, -0.05) is 0 Å². The fourth-order valence-corrected chi connectivity index (χ4v) is 3.62. The number of hydrogen-bond acceptors (Lipinski definition) is 4. The van der Waals surface area contributed by atoms with E-state index in [1.165, 1.54) is 0 Å². The van der Waals surface area contributed by atoms with E-state index in [0.29, 0.717) is 45.4 Å². The van der Waals surface area contributed by atoms with Crippen molar-refractivity contribution in [1.82, 2.24) is 24.7 Å². The quantitative estimate of drug-likeness (QED) is 0.756. The molecule has 2 aliphatic rings. The monoisotopic (exact) mass is 361 g/mol. The molecule has 142 valence electrons. The molecule has 1 atom stereocenters. The van der Waals surface area contributed by atoms with Gasteiger partial charge in [-0.3, -0.25) is 14.4 Å². The number of nitrogens with one attached hydrogen (secondary N) is 1. The van der Waals surface area contributed by atoms with Gasteiger partial charge in [0.15, 0.2) is 0 Å². The first kappa shape index (κ1) is 18.4. The fraction of sp³-hybridized carbons (Fsp3) is 0.667. The van der Waals surface area contributed by atoms with E-state index in [9.17, 15) is 14.4 Å². The molecule has 3 amide bonds. The van der Waals surface area contributed by atoms with Crippen LogP contribution in [0.15, 0.2) is 12.4 Å². The summed E-state index contributed by atoms with van der Waals surface area (Å²) in [6, 6.07) is 0. The third-order valence-corrected chi connectivity index (χ3v) is 5.24. The van der Waals surface area contributed by atoms with Crippen LogP contribution in [0, 0.1) is 5.92 Å². The first-order valence-electron chi connectivity index (χ1n) is 9.34. The lowest BCUT2D eigenvalue weighted by atomic mass is 9.96. The van der Waals surface area contributed by atoms with Gasteiger partial charge in [-0.2, -0.15) is 0 Å². The Morgan fingerprint density at radius 3 is 2.69 bits per heavy atom. The van der Waals surface area contributed by atoms with E-state index in [1.54, 1.807) is 11.1 Å². The Hall–Kier alpha value is -2.38. The molecule has 2 fully saturated rings. The number of aromatic nitrogens is 2. The van der Waals surface area contributed by atoms with Gasteiger partial charge in [-0.05, 0) is 19.3 Å². The van der Waals surface area contributed by atoms with Crippen LogP contribution in [0.3, 0.4) is 0 Å². The lowest BCUT2D eigenvalue weighted by Gasteiger charge is -2.32. The Kier molecular flexibility index (Phi) is 5.90. The zero-order valence-electron chi connectivity index (χ0n) is 15.3. The third kappa shape index (κ3) is 4.42. The number of nitrogens with zero attached hydrogens (tertiary/aromatic N) is 4. The number of hydrogen-bond donors (Lipinski definition) is 1. The normalized spacial score (nSPS) is 20.7. The third-order valence-electron chi connectivity index (χ3n) is 5.24. The molecule has 2 saturated heterocycles. The summed E-state index contributed by atoms with van der Waals surface area (Å²) < 4.78 is 1.87. The molecular weight excluding hydrogens is 334 g/mol. The van der Waals surface area contributed by atoms with E-state index in [4.69, 9.17) is 0 Å². The smallest absolute Gasteiger partial charge is 0.225 e. The highest BCUT2D eigenvalue weighted by atomic mass is 16.2. The van der Waals surface area contributed by atoms with Crippen LogP contribution in [0.25, 0.3) is 0 Å². The van der Waals surface area contributed by atoms with Gasteiger partial charge in [0, 0.05) is 58.5 Å². The van der Waals surface area contributed by atoms with E-state index in [1.807, 2.05) is 22.7 Å². The minimum Gasteiger partial charge on any atom is -0.349 e. The summed E-state index contributed by atoms with van der Waals surface area (Å²) >= 11 is 0. The maximum atomic E-state index is 12.4. The Balaban J connectivity index is 1.44. The fourth-order valence-electron chi connectivity index (χ4n) is 3.62. The van der Waals surface area contributed by atoms with Gasteiger partial charge in [0.25, 0.3) is 0 Å². The summed E-state index contributed by atoms with van der Waals surface area (Å²) in [6.07, 6.45) is 6.87. The Bertz CT molecular complexity index is 672. The Morgan fingerprint density at radius 2 is 2.00 bits per heavy atom. The molecule has 0 radical (unpaired) electrons. The SMILES string of the molecule is Cn1ccnc1CNC(=O)C1CCC(=O)N(CCCN2CCCC2=O)C1. The van der Waals surface area contributed by atoms with Crippen molar-refractivity contribution in [3.8, 4) is 0 Å². The van der Waals surface area contributed by atoms with E-state index in [-0.39, 0.29) is 23.6 Å². The molecule has 0 aliphatic carbocycles. The van der Waals surface area contributed by atoms with E-state index in [2.05, 4.69) is 10.3 Å². The average molecular weight is 361 g/mol. The second-order valence-corrected chi connectivity index (χ2v) is 7.09. The van der Waals surface area contributed by atoms with E-state index < -0.39 is 0 Å². The summed E-state index contributed by atoms with van der Waals surface area (Å²) in [6.45, 7) is 2.97. The molecule has 1 aromatic rings. The zero-order chi connectivity index (χ0) is 18.5. The van der Waals surface area contributed by atoms with Gasteiger partial charge >= 0.3 is 0 Å². The first-order chi connectivity index (χ1) is 12.5. The summed E-state index contributed by atoms with van der Waals surface area (Å²) in [4.78, 5) is 44.1. The molecule has 8 heteroatoms. The van der Waals surface area contributed by atoms with Gasteiger partial charge in [0.05, 0.1) is 12.5 Å². The molecule has 3 rings (SSSR count). The van der Waals surface area contributed by atoms with E-state index in [0.717, 1.165) is 25.2 Å². The van der Waals surface area contributed by atoms with Crippen LogP contribution in [0.5, 0.6) is 0 Å². The van der Waals surface area contributed by atoms with Crippen molar-refractivity contribution in [1.29, 1.82) is 0 Å². The summed E-state index contributed by atoms with van der Waals surface area (Å²) in [7, 11) is 1.89. The maximum absolute atomic E-state index is 12.4. The highest BCUT2D eigenvalue weighted by Gasteiger charge is 2.30. The van der Waals surface area contributed by atoms with Crippen molar-refractivity contribution in [3.05, 3.63) is 18.2 Å². The summed E-state index contributed by atoms with van der Waals surface area (Å²) in [5.74, 6) is 0.909. The van der Waals surface area contributed by atoms with Gasteiger partial charge < -0.3 is 19.7 Å². The van der Waals surface area contributed by atoms with Crippen LogP contribution in [-0.2, 0) is 28.0 Å². The number of carbonyl (C=O) groups excluding carboxylic acids is 3. The molecular formula is C18H27N5O3. The topological polar surface area (TPSA) is 87.5 Å². The average Bonchev–Trinajstić information content (AvgIpc) is 3.22. The highest BCUT2D eigenvalue weighted by molar-refractivity contribution is 5.83. The number of piperidine rings is 1. The standard InChI is InChI=1S/C18H27N5O3/c1-21-11-7-19-15(21)12-20-18(26)14-5-6-17(25)23(13-14)10-3-9-22-8-2-4-16(22)24/h7,11,14H,2-6,8-10,12-13H2,1H3,(H,20,26). The van der Waals surface area contributed by atoms with Gasteiger partial charge in [0.2, 0.25) is 17.7 Å². The van der Waals surface area contributed by atoms with Crippen molar-refractivity contribution < 1.29 is 14.4 Å². The zero-order valence-corrected chi connectivity index (χ0v) is 15.3. The number of rotatable bonds is 7. The summed E-state index contributed by atoms with van der Waals surface area (Å²) in [5, 5.41) is 2.92. The van der Waals surface area contributed by atoms with Gasteiger partial charge in [0.1, 0.15) is 5.82 Å². The predicted molar refractivity (Wildman–Crippen MR) is 94.8 cm³/mol. The van der Waals surface area contributed by atoms with E-state index >= 15 is 0 Å². The van der Waals surface area contributed by atoms with Crippen LogP contribution >= 0.6 is 0 Å². The minimum atomic E-state index is -0.179. The number of amides is 3. The maximum Gasteiger partial charge on any atom is 0.225 e. The number of carbonyl (C=O) groups is 3. The molecule has 0 spiro atoms. The van der Waals surface area contributed by atoms with Crippen molar-refractivity contribution in [2.24, 2.45) is 13.0 Å². The molecule has 3 heterocycles. The Morgan fingerprint density at radius 1 is 1.23 bits per heavy atom. The summed E-state index contributed by atoms with van der Waals surface area (Å²) in [5.41, 5.74) is 0. The number of aryl methyl sites for hydroxylation is 1. The van der Waals surface area contributed by atoms with Crippen LogP contribution in [0.1, 0.15) is 37.9 Å². The highest BCUT2D eigenvalue weighted by Crippen LogP contribution is 2.19. The molecule has 0 aromatic carbocycles. The van der Waals surface area contributed by atoms with Crippen molar-refractivity contribution in [2.75, 3.05) is 26.2 Å². The van der Waals surface area contributed by atoms with Crippen LogP contribution in [-0.4, -0.2) is 63.3 Å². The van der Waals surface area contributed by atoms with Gasteiger partial charge in [-0.15, -0.1) is 0 Å². The van der Waals surface area contributed by atoms with Gasteiger partial charge in [-0.25, -0.2) is 4.98 Å². The van der Waals surface area contributed by atoms with Crippen molar-refractivity contribution >= 4 is 17.7 Å². The molecule has 1 unspecified atom stereocenters. The first-order valence-corrected chi connectivity index (χ1v) is 9.34. The Labute approximate surface area is 153 Å². The lowest BCUT2D eigenvalue weighted by Crippen LogP contribution is -2.46. The number of likely N-dealkylation sites (tertiary alicyclic amines) is 2. The van der Waals surface area contributed by atoms with Crippen molar-refractivity contribution in [3.63, 3.8) is 0 Å². The van der Waals surface area contributed by atoms with Crippen LogP contribution in [0.2, 0.25) is 0 Å². The largest absolute Gasteiger partial charge is 0.349 e. The molecule has 1 N–H and O–H groups in total. The molecule has 8 nitrogen and oxygen atoms in total. The number of imidazole rings is 1. The molecule has 0 bridgehead atoms. The lowest BCUT2D eigenvalue weighted by molar-refractivity contribution is -0.138. The minimum absolute atomic E-state index is 0.0276. The van der Waals surface area contributed by atoms with Crippen molar-refractivity contribution in [2.45, 2.75) is 38.6 Å². The predicted octanol–water partition coefficient (Wildman–Crippen LogP) is 0.287. The molecule has 26 heavy (non-hydrogen) atoms.